The Balaban J connectivity index is 2.40. The molecule has 1 fully saturated rings. The van der Waals surface area contributed by atoms with Crippen LogP contribution in [0.3, 0.4) is 0 Å². The number of halogens is 1. The summed E-state index contributed by atoms with van der Waals surface area (Å²) in [5.74, 6) is 0.751. The molecule has 0 spiro atoms. The molecule has 0 bridgehead atoms. The Morgan fingerprint density at radius 3 is 2.54 bits per heavy atom. The summed E-state index contributed by atoms with van der Waals surface area (Å²) in [6, 6.07) is 0. The molecule has 2 heteroatoms. The van der Waals surface area contributed by atoms with E-state index < -0.39 is 0 Å². The van der Waals surface area contributed by atoms with E-state index in [1.807, 2.05) is 0 Å². The van der Waals surface area contributed by atoms with Crippen molar-refractivity contribution in [3.8, 4) is 0 Å². The molecule has 0 saturated heterocycles. The van der Waals surface area contributed by atoms with Crippen molar-refractivity contribution in [1.82, 2.24) is 0 Å². The molecular weight excluding hydrogens is 184 g/mol. The second-order valence-electron chi connectivity index (χ2n) is 4.10. The van der Waals surface area contributed by atoms with Crippen molar-refractivity contribution in [3.63, 3.8) is 0 Å². The number of carbonyl (C=O) groups excluding carboxylic acids is 1. The molecule has 0 aromatic heterocycles. The summed E-state index contributed by atoms with van der Waals surface area (Å²) >= 11 is 5.62. The summed E-state index contributed by atoms with van der Waals surface area (Å²) in [7, 11) is 0. The van der Waals surface area contributed by atoms with Gasteiger partial charge < -0.3 is 0 Å². The number of hydrogen-bond donors (Lipinski definition) is 0. The van der Waals surface area contributed by atoms with E-state index in [9.17, 15) is 4.79 Å². The summed E-state index contributed by atoms with van der Waals surface area (Å²) in [5.41, 5.74) is 0. The molecule has 1 atom stereocenters. The van der Waals surface area contributed by atoms with Crippen molar-refractivity contribution in [2.75, 3.05) is 0 Å². The Hall–Kier alpha value is -0.0400. The predicted octanol–water partition coefficient (Wildman–Crippen LogP) is 3.75. The van der Waals surface area contributed by atoms with E-state index in [-0.39, 0.29) is 11.2 Å². The molecular formula is C11H19ClO. The maximum Gasteiger partial charge on any atom is 0.224 e. The van der Waals surface area contributed by atoms with E-state index in [1.54, 1.807) is 0 Å². The third-order valence-corrected chi connectivity index (χ3v) is 3.41. The van der Waals surface area contributed by atoms with Gasteiger partial charge in [0.2, 0.25) is 5.24 Å². The van der Waals surface area contributed by atoms with Crippen molar-refractivity contribution in [2.45, 2.75) is 51.9 Å². The topological polar surface area (TPSA) is 17.1 Å². The SMILES string of the molecule is CCCCC(C(=O)Cl)C1CCCC1. The molecule has 1 unspecified atom stereocenters. The van der Waals surface area contributed by atoms with Gasteiger partial charge in [-0.25, -0.2) is 0 Å². The molecule has 0 aromatic carbocycles. The van der Waals surface area contributed by atoms with E-state index in [0.29, 0.717) is 5.92 Å². The van der Waals surface area contributed by atoms with Crippen molar-refractivity contribution in [2.24, 2.45) is 11.8 Å². The van der Waals surface area contributed by atoms with Crippen LogP contribution >= 0.6 is 11.6 Å². The smallest absolute Gasteiger partial charge is 0.224 e. The lowest BCUT2D eigenvalue weighted by molar-refractivity contribution is -0.116. The second kappa shape index (κ2) is 5.64. The molecule has 0 amide bonds. The highest BCUT2D eigenvalue weighted by Crippen LogP contribution is 2.35. The minimum atomic E-state index is -0.0969. The van der Waals surface area contributed by atoms with Gasteiger partial charge in [0, 0.05) is 5.92 Å². The van der Waals surface area contributed by atoms with E-state index in [0.717, 1.165) is 19.3 Å². The first-order valence-corrected chi connectivity index (χ1v) is 5.82. The Kier molecular flexibility index (Phi) is 4.79. The highest BCUT2D eigenvalue weighted by molar-refractivity contribution is 6.64. The molecule has 1 aliphatic carbocycles. The number of hydrogen-bond acceptors (Lipinski definition) is 1. The quantitative estimate of drug-likeness (QED) is 0.621. The molecule has 0 radical (unpaired) electrons. The van der Waals surface area contributed by atoms with Crippen LogP contribution in [-0.2, 0) is 4.79 Å². The average Bonchev–Trinajstić information content (AvgIpc) is 2.57. The molecule has 0 N–H and O–H groups in total. The molecule has 1 saturated carbocycles. The summed E-state index contributed by atoms with van der Waals surface area (Å²) in [6.45, 7) is 2.16. The predicted molar refractivity (Wildman–Crippen MR) is 55.8 cm³/mol. The normalized spacial score (nSPS) is 20.5. The van der Waals surface area contributed by atoms with Crippen LogP contribution in [0.2, 0.25) is 0 Å². The summed E-state index contributed by atoms with van der Waals surface area (Å²) in [5, 5.41) is -0.0969. The van der Waals surface area contributed by atoms with Gasteiger partial charge in [-0.05, 0) is 36.8 Å². The van der Waals surface area contributed by atoms with Crippen LogP contribution in [0, 0.1) is 11.8 Å². The second-order valence-corrected chi connectivity index (χ2v) is 4.47. The average molecular weight is 203 g/mol. The van der Waals surface area contributed by atoms with Gasteiger partial charge in [-0.3, -0.25) is 4.79 Å². The van der Waals surface area contributed by atoms with Crippen LogP contribution in [0.4, 0.5) is 0 Å². The maximum atomic E-state index is 11.2. The lowest BCUT2D eigenvalue weighted by Gasteiger charge is -2.18. The van der Waals surface area contributed by atoms with Crippen LogP contribution in [0.5, 0.6) is 0 Å². The van der Waals surface area contributed by atoms with Crippen LogP contribution in [0.15, 0.2) is 0 Å². The van der Waals surface area contributed by atoms with Crippen LogP contribution in [0.1, 0.15) is 51.9 Å². The third-order valence-electron chi connectivity index (χ3n) is 3.13. The molecule has 0 heterocycles. The molecule has 1 rings (SSSR count). The lowest BCUT2D eigenvalue weighted by atomic mass is 9.88. The largest absolute Gasteiger partial charge is 0.281 e. The molecule has 1 nitrogen and oxygen atoms in total. The van der Waals surface area contributed by atoms with Crippen LogP contribution in [-0.4, -0.2) is 5.24 Å². The van der Waals surface area contributed by atoms with Gasteiger partial charge in [-0.2, -0.15) is 0 Å². The Labute approximate surface area is 85.8 Å². The number of unbranched alkanes of at least 4 members (excludes halogenated alkanes) is 1. The van der Waals surface area contributed by atoms with Crippen molar-refractivity contribution < 1.29 is 4.79 Å². The maximum absolute atomic E-state index is 11.2. The van der Waals surface area contributed by atoms with E-state index in [4.69, 9.17) is 11.6 Å². The van der Waals surface area contributed by atoms with Crippen molar-refractivity contribution in [1.29, 1.82) is 0 Å². The fraction of sp³-hybridized carbons (Fsp3) is 0.909. The van der Waals surface area contributed by atoms with Gasteiger partial charge in [0.15, 0.2) is 0 Å². The van der Waals surface area contributed by atoms with Gasteiger partial charge in [-0.15, -0.1) is 0 Å². The Morgan fingerprint density at radius 2 is 2.08 bits per heavy atom. The van der Waals surface area contributed by atoms with E-state index in [2.05, 4.69) is 6.92 Å². The van der Waals surface area contributed by atoms with Gasteiger partial charge in [0.05, 0.1) is 0 Å². The zero-order valence-corrected chi connectivity index (χ0v) is 9.15. The number of rotatable bonds is 5. The minimum absolute atomic E-state index is 0.0969. The Morgan fingerprint density at radius 1 is 1.46 bits per heavy atom. The van der Waals surface area contributed by atoms with Crippen molar-refractivity contribution >= 4 is 16.8 Å². The van der Waals surface area contributed by atoms with Gasteiger partial charge in [-0.1, -0.05) is 32.6 Å². The monoisotopic (exact) mass is 202 g/mol. The first-order chi connectivity index (χ1) is 6.25. The first kappa shape index (κ1) is 11.0. The molecule has 76 valence electrons. The summed E-state index contributed by atoms with van der Waals surface area (Å²) in [6.07, 6.45) is 8.31. The highest BCUT2D eigenvalue weighted by Gasteiger charge is 2.28. The lowest BCUT2D eigenvalue weighted by Crippen LogP contribution is -2.18. The van der Waals surface area contributed by atoms with Crippen LogP contribution < -0.4 is 0 Å². The van der Waals surface area contributed by atoms with Gasteiger partial charge in [0.25, 0.3) is 0 Å². The Bertz CT molecular complexity index is 161. The highest BCUT2D eigenvalue weighted by atomic mass is 35.5. The van der Waals surface area contributed by atoms with Crippen LogP contribution in [0.25, 0.3) is 0 Å². The molecule has 0 aromatic rings. The van der Waals surface area contributed by atoms with Gasteiger partial charge >= 0.3 is 0 Å². The molecule has 1 aliphatic rings. The van der Waals surface area contributed by atoms with Gasteiger partial charge in [0.1, 0.15) is 0 Å². The molecule has 13 heavy (non-hydrogen) atoms. The van der Waals surface area contributed by atoms with Crippen molar-refractivity contribution in [3.05, 3.63) is 0 Å². The number of carbonyl (C=O) groups is 1. The zero-order valence-electron chi connectivity index (χ0n) is 8.39. The first-order valence-electron chi connectivity index (χ1n) is 5.45. The fourth-order valence-electron chi connectivity index (χ4n) is 2.32. The third kappa shape index (κ3) is 3.30. The summed E-state index contributed by atoms with van der Waals surface area (Å²) < 4.78 is 0. The standard InChI is InChI=1S/C11H19ClO/c1-2-3-8-10(11(12)13)9-6-4-5-7-9/h9-10H,2-8H2,1H3. The minimum Gasteiger partial charge on any atom is -0.281 e. The fourth-order valence-corrected chi connectivity index (χ4v) is 2.61. The zero-order chi connectivity index (χ0) is 9.68. The summed E-state index contributed by atoms with van der Waals surface area (Å²) in [4.78, 5) is 11.2. The van der Waals surface area contributed by atoms with E-state index in [1.165, 1.54) is 25.7 Å². The van der Waals surface area contributed by atoms with E-state index >= 15 is 0 Å². The molecule has 0 aliphatic heterocycles.